The van der Waals surface area contributed by atoms with Gasteiger partial charge in [-0.15, -0.1) is 0 Å². The maximum Gasteiger partial charge on any atom is 0.213 e. The highest BCUT2D eigenvalue weighted by Crippen LogP contribution is 2.30. The molecule has 7 nitrogen and oxygen atoms in total. The minimum absolute atomic E-state index is 0.211. The van der Waals surface area contributed by atoms with Crippen LogP contribution in [0, 0.1) is 0 Å². The van der Waals surface area contributed by atoms with Crippen molar-refractivity contribution in [1.82, 2.24) is 9.97 Å². The lowest BCUT2D eigenvalue weighted by Gasteiger charge is -2.12. The molecule has 164 valence electrons. The van der Waals surface area contributed by atoms with Gasteiger partial charge in [-0.2, -0.15) is 0 Å². The second-order valence-electron chi connectivity index (χ2n) is 6.88. The molecule has 0 saturated carbocycles. The molecule has 0 aliphatic carbocycles. The van der Waals surface area contributed by atoms with Gasteiger partial charge in [0.25, 0.3) is 0 Å². The highest BCUT2D eigenvalue weighted by Gasteiger charge is 2.10. The Labute approximate surface area is 188 Å². The molecule has 3 aromatic rings. The largest absolute Gasteiger partial charge is 0.488 e. The number of ether oxygens (including phenoxy) is 1. The van der Waals surface area contributed by atoms with E-state index in [2.05, 4.69) is 28.4 Å². The first-order valence-corrected chi connectivity index (χ1v) is 11.4. The van der Waals surface area contributed by atoms with Gasteiger partial charge in [-0.25, -0.2) is 23.5 Å². The van der Waals surface area contributed by atoms with Crippen molar-refractivity contribution in [3.8, 4) is 17.0 Å². The number of rotatable bonds is 10. The Hall–Kier alpha value is -3.75. The van der Waals surface area contributed by atoms with Crippen molar-refractivity contribution in [2.24, 2.45) is 5.14 Å². The first-order valence-electron chi connectivity index (χ1n) is 9.72. The number of nitrogens with one attached hydrogen (secondary N) is 1. The average Bonchev–Trinajstić information content (AvgIpc) is 2.77. The maximum atomic E-state index is 11.2. The van der Waals surface area contributed by atoms with Crippen molar-refractivity contribution >= 4 is 21.5 Å². The lowest BCUT2D eigenvalue weighted by Crippen LogP contribution is -2.14. The summed E-state index contributed by atoms with van der Waals surface area (Å²) in [6.45, 7) is 7.84. The minimum Gasteiger partial charge on any atom is -0.488 e. The Balaban J connectivity index is 1.79. The van der Waals surface area contributed by atoms with Crippen LogP contribution < -0.4 is 15.2 Å². The third-order valence-electron chi connectivity index (χ3n) is 4.41. The first kappa shape index (κ1) is 22.9. The van der Waals surface area contributed by atoms with Crippen LogP contribution >= 0.6 is 0 Å². The molecule has 0 aliphatic rings. The highest BCUT2D eigenvalue weighted by atomic mass is 32.2. The number of hydrogen-bond acceptors (Lipinski definition) is 6. The van der Waals surface area contributed by atoms with E-state index in [0.29, 0.717) is 29.4 Å². The summed E-state index contributed by atoms with van der Waals surface area (Å²) < 4.78 is 28.4. The Morgan fingerprint density at radius 2 is 1.84 bits per heavy atom. The number of para-hydroxylation sites is 1. The van der Waals surface area contributed by atoms with E-state index >= 15 is 0 Å². The van der Waals surface area contributed by atoms with Gasteiger partial charge >= 0.3 is 0 Å². The maximum absolute atomic E-state index is 11.2. The molecule has 1 heterocycles. The lowest BCUT2D eigenvalue weighted by atomic mass is 10.1. The van der Waals surface area contributed by atoms with Gasteiger partial charge in [-0.3, -0.25) is 0 Å². The van der Waals surface area contributed by atoms with Crippen molar-refractivity contribution in [1.29, 1.82) is 0 Å². The van der Waals surface area contributed by atoms with Crippen LogP contribution in [0.5, 0.6) is 5.75 Å². The van der Waals surface area contributed by atoms with Crippen LogP contribution in [0.25, 0.3) is 11.3 Å². The normalized spacial score (nSPS) is 11.6. The smallest absolute Gasteiger partial charge is 0.213 e. The van der Waals surface area contributed by atoms with E-state index in [-0.39, 0.29) is 5.75 Å². The summed E-state index contributed by atoms with van der Waals surface area (Å²) in [5.74, 6) is 1.06. The van der Waals surface area contributed by atoms with Crippen LogP contribution in [0.4, 0.5) is 11.5 Å². The zero-order valence-electron chi connectivity index (χ0n) is 17.4. The minimum atomic E-state index is -3.57. The zero-order valence-corrected chi connectivity index (χ0v) is 18.3. The number of aromatic nitrogens is 2. The van der Waals surface area contributed by atoms with Crippen molar-refractivity contribution in [3.05, 3.63) is 103 Å². The SMILES string of the molecule is C=C/C=C(\C=C)COc1ccccc1-c1cc(Nc2ccc(CS(N)(=O)=O)cc2)ncn1. The first-order chi connectivity index (χ1) is 15.4. The summed E-state index contributed by atoms with van der Waals surface area (Å²) in [5, 5.41) is 8.28. The number of allylic oxidation sites excluding steroid dienone is 2. The number of nitrogens with zero attached hydrogens (tertiary/aromatic N) is 2. The Kier molecular flexibility index (Phi) is 7.54. The Morgan fingerprint density at radius 3 is 2.53 bits per heavy atom. The molecule has 32 heavy (non-hydrogen) atoms. The monoisotopic (exact) mass is 448 g/mol. The third-order valence-corrected chi connectivity index (χ3v) is 5.15. The summed E-state index contributed by atoms with van der Waals surface area (Å²) in [4.78, 5) is 8.66. The lowest BCUT2D eigenvalue weighted by molar-refractivity contribution is 0.357. The van der Waals surface area contributed by atoms with Crippen molar-refractivity contribution in [2.75, 3.05) is 11.9 Å². The quantitative estimate of drug-likeness (QED) is 0.447. The molecule has 0 amide bonds. The van der Waals surface area contributed by atoms with E-state index in [1.165, 1.54) is 6.33 Å². The number of sulfonamides is 1. The fourth-order valence-electron chi connectivity index (χ4n) is 2.93. The van der Waals surface area contributed by atoms with Crippen molar-refractivity contribution < 1.29 is 13.2 Å². The van der Waals surface area contributed by atoms with E-state index < -0.39 is 10.0 Å². The molecular weight excluding hydrogens is 424 g/mol. The van der Waals surface area contributed by atoms with Crippen molar-refractivity contribution in [2.45, 2.75) is 5.75 Å². The Bertz CT molecular complexity index is 1240. The molecule has 3 rings (SSSR count). The molecule has 2 aromatic carbocycles. The van der Waals surface area contributed by atoms with E-state index in [9.17, 15) is 8.42 Å². The molecule has 8 heteroatoms. The van der Waals surface area contributed by atoms with E-state index in [0.717, 1.165) is 16.8 Å². The van der Waals surface area contributed by atoms with E-state index in [1.807, 2.05) is 36.4 Å². The van der Waals surface area contributed by atoms with Crippen LogP contribution in [-0.4, -0.2) is 25.0 Å². The molecule has 3 N–H and O–H groups in total. The standard InChI is InChI=1S/C24H24N4O3S/c1-3-7-18(4-2)15-31-23-9-6-5-8-21(23)22-14-24(27-17-26-22)28-20-12-10-19(11-13-20)16-32(25,29)30/h3-14,17H,1-2,15-16H2,(H2,25,29,30)(H,26,27,28)/b18-7+. The number of primary sulfonamides is 1. The molecule has 0 aliphatic heterocycles. The van der Waals surface area contributed by atoms with Gasteiger partial charge in [-0.05, 0) is 35.4 Å². The molecular formula is C24H24N4O3S. The Morgan fingerprint density at radius 1 is 1.09 bits per heavy atom. The predicted octanol–water partition coefficient (Wildman–Crippen LogP) is 4.35. The summed E-state index contributed by atoms with van der Waals surface area (Å²) in [6.07, 6.45) is 6.73. The fourth-order valence-corrected chi connectivity index (χ4v) is 3.59. The van der Waals surface area contributed by atoms with Crippen molar-refractivity contribution in [3.63, 3.8) is 0 Å². The van der Waals surface area contributed by atoms with Crippen LogP contribution in [-0.2, 0) is 15.8 Å². The van der Waals surface area contributed by atoms with Gasteiger partial charge in [-0.1, -0.05) is 55.7 Å². The molecule has 0 spiro atoms. The van der Waals surface area contributed by atoms with Gasteiger partial charge < -0.3 is 10.1 Å². The van der Waals surface area contributed by atoms with E-state index in [1.54, 1.807) is 36.4 Å². The fraction of sp³-hybridized carbons (Fsp3) is 0.0833. The van der Waals surface area contributed by atoms with Crippen LogP contribution in [0.1, 0.15) is 5.56 Å². The summed E-state index contributed by atoms with van der Waals surface area (Å²) in [6, 6.07) is 16.4. The van der Waals surface area contributed by atoms with Gasteiger partial charge in [0.15, 0.2) is 0 Å². The van der Waals surface area contributed by atoms with Crippen LogP contribution in [0.3, 0.4) is 0 Å². The molecule has 0 unspecified atom stereocenters. The number of anilines is 2. The zero-order chi connectivity index (χ0) is 23.0. The van der Waals surface area contributed by atoms with Gasteiger partial charge in [0.1, 0.15) is 24.5 Å². The number of hydrogen-bond donors (Lipinski definition) is 2. The molecule has 0 radical (unpaired) electrons. The van der Waals surface area contributed by atoms with Crippen LogP contribution in [0.2, 0.25) is 0 Å². The second-order valence-corrected chi connectivity index (χ2v) is 8.50. The van der Waals surface area contributed by atoms with Gasteiger partial charge in [0.05, 0.1) is 11.4 Å². The van der Waals surface area contributed by atoms with Gasteiger partial charge in [0.2, 0.25) is 10.0 Å². The summed E-state index contributed by atoms with van der Waals surface area (Å²) >= 11 is 0. The predicted molar refractivity (Wildman–Crippen MR) is 128 cm³/mol. The molecule has 0 fully saturated rings. The molecule has 0 bridgehead atoms. The summed E-state index contributed by atoms with van der Waals surface area (Å²) in [7, 11) is -3.57. The number of nitrogens with two attached hydrogens (primary N) is 1. The average molecular weight is 449 g/mol. The topological polar surface area (TPSA) is 107 Å². The molecule has 1 aromatic heterocycles. The highest BCUT2D eigenvalue weighted by molar-refractivity contribution is 7.88. The summed E-state index contributed by atoms with van der Waals surface area (Å²) in [5.41, 5.74) is 3.78. The molecule has 0 atom stereocenters. The van der Waals surface area contributed by atoms with Crippen LogP contribution in [0.15, 0.2) is 97.9 Å². The van der Waals surface area contributed by atoms with E-state index in [4.69, 9.17) is 9.88 Å². The third kappa shape index (κ3) is 6.63. The molecule has 0 saturated heterocycles. The van der Waals surface area contributed by atoms with Gasteiger partial charge in [0, 0.05) is 17.3 Å². The number of benzene rings is 2. The second kappa shape index (κ2) is 10.5.